The van der Waals surface area contributed by atoms with Crippen molar-refractivity contribution in [1.29, 1.82) is 0 Å². The van der Waals surface area contributed by atoms with Crippen LogP contribution in [0.4, 0.5) is 5.13 Å². The molecule has 0 saturated heterocycles. The molecule has 15 heavy (non-hydrogen) atoms. The molecule has 0 aliphatic heterocycles. The quantitative estimate of drug-likeness (QED) is 0.941. The van der Waals surface area contributed by atoms with E-state index in [0.717, 1.165) is 20.3 Å². The summed E-state index contributed by atoms with van der Waals surface area (Å²) in [5.41, 5.74) is 2.16. The number of hydrogen-bond donors (Lipinski definition) is 1. The highest BCUT2D eigenvalue weighted by Crippen LogP contribution is 2.20. The van der Waals surface area contributed by atoms with Crippen molar-refractivity contribution in [2.75, 3.05) is 5.32 Å². The minimum absolute atomic E-state index is 0.669. The largest absolute Gasteiger partial charge is 0.354 e. The van der Waals surface area contributed by atoms with Crippen LogP contribution >= 0.6 is 27.3 Å². The van der Waals surface area contributed by atoms with Gasteiger partial charge in [-0.15, -0.1) is 10.2 Å². The lowest BCUT2D eigenvalue weighted by atomic mass is 10.3. The van der Waals surface area contributed by atoms with Crippen LogP contribution in [-0.4, -0.2) is 15.2 Å². The van der Waals surface area contributed by atoms with Gasteiger partial charge in [-0.1, -0.05) is 17.4 Å². The Morgan fingerprint density at radius 1 is 1.40 bits per heavy atom. The van der Waals surface area contributed by atoms with E-state index >= 15 is 0 Å². The van der Waals surface area contributed by atoms with Gasteiger partial charge >= 0.3 is 0 Å². The molecule has 4 nitrogen and oxygen atoms in total. The zero-order valence-corrected chi connectivity index (χ0v) is 10.5. The summed E-state index contributed by atoms with van der Waals surface area (Å²) in [5.74, 6) is 0. The van der Waals surface area contributed by atoms with Crippen LogP contribution in [0, 0.1) is 6.92 Å². The topological polar surface area (TPSA) is 50.7 Å². The summed E-state index contributed by atoms with van der Waals surface area (Å²) in [6.07, 6.45) is 1.85. The highest BCUT2D eigenvalue weighted by molar-refractivity contribution is 9.11. The smallest absolute Gasteiger partial charge is 0.206 e. The second-order valence-electron chi connectivity index (χ2n) is 3.04. The third kappa shape index (κ3) is 2.97. The SMILES string of the molecule is Cc1ccc(CNc2nnc(Br)s2)nc1. The number of nitrogens with one attached hydrogen (secondary N) is 1. The van der Waals surface area contributed by atoms with Gasteiger partial charge in [-0.2, -0.15) is 0 Å². The maximum Gasteiger partial charge on any atom is 0.206 e. The summed E-state index contributed by atoms with van der Waals surface area (Å²) in [6, 6.07) is 4.04. The molecular weight excluding hydrogens is 276 g/mol. The van der Waals surface area contributed by atoms with Crippen LogP contribution in [-0.2, 0) is 6.54 Å². The van der Waals surface area contributed by atoms with E-state index in [2.05, 4.69) is 36.4 Å². The number of aromatic nitrogens is 3. The second-order valence-corrected chi connectivity index (χ2v) is 5.29. The Bertz CT molecular complexity index is 440. The molecule has 0 bridgehead atoms. The Kier molecular flexibility index (Phi) is 3.27. The first-order valence-electron chi connectivity index (χ1n) is 4.38. The third-order valence-electron chi connectivity index (χ3n) is 1.79. The number of halogens is 1. The van der Waals surface area contributed by atoms with E-state index in [-0.39, 0.29) is 0 Å². The standard InChI is InChI=1S/C9H9BrN4S/c1-6-2-3-7(11-4-6)5-12-9-14-13-8(10)15-9/h2-4H,5H2,1H3,(H,12,14). The Morgan fingerprint density at radius 2 is 2.27 bits per heavy atom. The van der Waals surface area contributed by atoms with Gasteiger partial charge in [-0.3, -0.25) is 4.98 Å². The van der Waals surface area contributed by atoms with E-state index in [9.17, 15) is 0 Å². The molecule has 0 amide bonds. The van der Waals surface area contributed by atoms with Crippen molar-refractivity contribution in [3.8, 4) is 0 Å². The Morgan fingerprint density at radius 3 is 2.87 bits per heavy atom. The van der Waals surface area contributed by atoms with Gasteiger partial charge in [0.05, 0.1) is 12.2 Å². The normalized spacial score (nSPS) is 10.3. The van der Waals surface area contributed by atoms with Gasteiger partial charge in [-0.05, 0) is 34.5 Å². The molecule has 0 aliphatic carbocycles. The van der Waals surface area contributed by atoms with Gasteiger partial charge in [0.2, 0.25) is 5.13 Å². The first-order chi connectivity index (χ1) is 7.24. The zero-order chi connectivity index (χ0) is 10.7. The lowest BCUT2D eigenvalue weighted by Crippen LogP contribution is -2.01. The van der Waals surface area contributed by atoms with Crippen LogP contribution in [0.15, 0.2) is 22.2 Å². The Hall–Kier alpha value is -1.01. The fraction of sp³-hybridized carbons (Fsp3) is 0.222. The van der Waals surface area contributed by atoms with Crippen LogP contribution in [0.1, 0.15) is 11.3 Å². The second kappa shape index (κ2) is 4.67. The molecule has 0 spiro atoms. The van der Waals surface area contributed by atoms with Crippen molar-refractivity contribution in [2.45, 2.75) is 13.5 Å². The first-order valence-corrected chi connectivity index (χ1v) is 5.99. The van der Waals surface area contributed by atoms with Crippen molar-refractivity contribution in [2.24, 2.45) is 0 Å². The molecule has 2 rings (SSSR count). The molecule has 0 aromatic carbocycles. The Labute approximate surface area is 99.9 Å². The van der Waals surface area contributed by atoms with Gasteiger partial charge in [-0.25, -0.2) is 0 Å². The molecule has 6 heteroatoms. The predicted molar refractivity (Wildman–Crippen MR) is 63.9 cm³/mol. The van der Waals surface area contributed by atoms with Crippen LogP contribution in [0.25, 0.3) is 0 Å². The average molecular weight is 285 g/mol. The molecule has 0 radical (unpaired) electrons. The van der Waals surface area contributed by atoms with E-state index in [1.807, 2.05) is 25.3 Å². The molecule has 0 aliphatic rings. The summed E-state index contributed by atoms with van der Waals surface area (Å²) < 4.78 is 0.780. The first kappa shape index (κ1) is 10.5. The molecule has 0 fully saturated rings. The lowest BCUT2D eigenvalue weighted by molar-refractivity contribution is 1.00. The van der Waals surface area contributed by atoms with E-state index in [1.165, 1.54) is 11.3 Å². The number of anilines is 1. The minimum atomic E-state index is 0.669. The van der Waals surface area contributed by atoms with Gasteiger partial charge in [0.1, 0.15) is 0 Å². The van der Waals surface area contributed by atoms with Gasteiger partial charge < -0.3 is 5.32 Å². The summed E-state index contributed by atoms with van der Waals surface area (Å²) in [7, 11) is 0. The van der Waals surface area contributed by atoms with Crippen molar-refractivity contribution in [3.05, 3.63) is 33.5 Å². The summed E-state index contributed by atoms with van der Waals surface area (Å²) in [6.45, 7) is 2.69. The summed E-state index contributed by atoms with van der Waals surface area (Å²) in [5, 5.41) is 11.7. The Balaban J connectivity index is 1.96. The van der Waals surface area contributed by atoms with E-state index in [0.29, 0.717) is 6.54 Å². The maximum atomic E-state index is 4.28. The van der Waals surface area contributed by atoms with Gasteiger partial charge in [0.15, 0.2) is 3.92 Å². The van der Waals surface area contributed by atoms with Crippen molar-refractivity contribution in [3.63, 3.8) is 0 Å². The van der Waals surface area contributed by atoms with Crippen LogP contribution in [0.3, 0.4) is 0 Å². The number of pyridine rings is 1. The molecule has 1 N–H and O–H groups in total. The van der Waals surface area contributed by atoms with Crippen LogP contribution in [0.2, 0.25) is 0 Å². The van der Waals surface area contributed by atoms with E-state index in [1.54, 1.807) is 0 Å². The van der Waals surface area contributed by atoms with Gasteiger partial charge in [0.25, 0.3) is 0 Å². The molecule has 78 valence electrons. The fourth-order valence-corrected chi connectivity index (χ4v) is 2.05. The number of rotatable bonds is 3. The molecule has 2 heterocycles. The average Bonchev–Trinajstić information content (AvgIpc) is 2.64. The van der Waals surface area contributed by atoms with Crippen molar-refractivity contribution in [1.82, 2.24) is 15.2 Å². The number of hydrogen-bond acceptors (Lipinski definition) is 5. The van der Waals surface area contributed by atoms with Crippen molar-refractivity contribution >= 4 is 32.4 Å². The zero-order valence-electron chi connectivity index (χ0n) is 8.07. The molecule has 0 saturated carbocycles. The van der Waals surface area contributed by atoms with E-state index < -0.39 is 0 Å². The molecular formula is C9H9BrN4S. The summed E-state index contributed by atoms with van der Waals surface area (Å²) in [4.78, 5) is 4.28. The monoisotopic (exact) mass is 284 g/mol. The number of nitrogens with zero attached hydrogens (tertiary/aromatic N) is 3. The van der Waals surface area contributed by atoms with Crippen LogP contribution < -0.4 is 5.32 Å². The van der Waals surface area contributed by atoms with Crippen molar-refractivity contribution < 1.29 is 0 Å². The highest BCUT2D eigenvalue weighted by atomic mass is 79.9. The highest BCUT2D eigenvalue weighted by Gasteiger charge is 2.00. The third-order valence-corrected chi connectivity index (χ3v) is 3.11. The predicted octanol–water partition coefficient (Wildman–Crippen LogP) is 2.62. The minimum Gasteiger partial charge on any atom is -0.354 e. The molecule has 2 aromatic heterocycles. The van der Waals surface area contributed by atoms with E-state index in [4.69, 9.17) is 0 Å². The fourth-order valence-electron chi connectivity index (χ4n) is 1.05. The molecule has 0 atom stereocenters. The lowest BCUT2D eigenvalue weighted by Gasteiger charge is -2.01. The number of aryl methyl sites for hydroxylation is 1. The maximum absolute atomic E-state index is 4.28. The van der Waals surface area contributed by atoms with Crippen LogP contribution in [0.5, 0.6) is 0 Å². The molecule has 0 unspecified atom stereocenters. The summed E-state index contributed by atoms with van der Waals surface area (Å²) >= 11 is 4.72. The van der Waals surface area contributed by atoms with Gasteiger partial charge in [0, 0.05) is 6.20 Å². The molecule has 2 aromatic rings.